The van der Waals surface area contributed by atoms with Gasteiger partial charge < -0.3 is 43.5 Å². The first kappa shape index (κ1) is 39.2. The van der Waals surface area contributed by atoms with Crippen LogP contribution in [0.2, 0.25) is 0 Å². The van der Waals surface area contributed by atoms with Gasteiger partial charge in [-0.2, -0.15) is 0 Å². The van der Waals surface area contributed by atoms with E-state index in [2.05, 4.69) is 31.2 Å². The first-order valence-corrected chi connectivity index (χ1v) is 17.3. The minimum absolute atomic E-state index is 0.0374. The standard InChI is InChI=1S/C38H49N9O5/c1-38(2,41)37(52)47-32(21-28-22-42-23-43-28)36(51)46-31(20-25-15-16-26-12-6-7-13-27(26)18-25)35(50)45-30(19-24-10-4-3-5-11-24)34(49)44-29(33(40)48)14-8-9-17-39/h3-7,10-13,15-16,18,22-23,29-32H,8-9,14,17,19-21,39,41H2,1-2H3,(H2,40,48)(H,42,43)(H,44,49)(H,45,50)(H,46,51)(H,47,52)/t29-,30+,31+,32-/m0/s1/i37+2. The molecule has 0 saturated heterocycles. The van der Waals surface area contributed by atoms with Crippen LogP contribution in [0.25, 0.3) is 10.8 Å². The second-order valence-corrected chi connectivity index (χ2v) is 13.5. The minimum Gasteiger partial charge on any atom is -0.368 e. The van der Waals surface area contributed by atoms with Gasteiger partial charge in [-0.25, -0.2) is 4.98 Å². The van der Waals surface area contributed by atoms with Gasteiger partial charge >= 0.3 is 0 Å². The van der Waals surface area contributed by atoms with Crippen LogP contribution in [0.15, 0.2) is 85.3 Å². The molecule has 0 fully saturated rings. The van der Waals surface area contributed by atoms with Crippen molar-refractivity contribution in [1.82, 2.24) is 31.2 Å². The number of rotatable bonds is 19. The van der Waals surface area contributed by atoms with E-state index in [9.17, 15) is 24.0 Å². The smallest absolute Gasteiger partial charge is 0.243 e. The zero-order valence-corrected chi connectivity index (χ0v) is 29.6. The quantitative estimate of drug-likeness (QED) is 0.0648. The van der Waals surface area contributed by atoms with Gasteiger partial charge in [0, 0.05) is 31.2 Å². The fraction of sp³-hybridized carbons (Fsp3) is 0.368. The summed E-state index contributed by atoms with van der Waals surface area (Å²) in [6.07, 6.45) is 4.66. The highest BCUT2D eigenvalue weighted by Crippen LogP contribution is 2.17. The third-order valence-corrected chi connectivity index (χ3v) is 8.60. The topological polar surface area (TPSA) is 240 Å². The number of carbonyl (C=O) groups is 5. The molecule has 1 heterocycles. The lowest BCUT2D eigenvalue weighted by atomic mass is 9.99. The van der Waals surface area contributed by atoms with Crippen LogP contribution in [0.3, 0.4) is 0 Å². The number of amides is 5. The van der Waals surface area contributed by atoms with E-state index in [4.69, 9.17) is 17.2 Å². The van der Waals surface area contributed by atoms with Crippen LogP contribution in [0.4, 0.5) is 0 Å². The number of unbranched alkanes of at least 4 members (excludes halogenated alkanes) is 1. The van der Waals surface area contributed by atoms with Gasteiger partial charge in [-0.3, -0.25) is 24.0 Å². The van der Waals surface area contributed by atoms with Gasteiger partial charge in [0.05, 0.1) is 11.9 Å². The summed E-state index contributed by atoms with van der Waals surface area (Å²) < 4.78 is 0. The molecule has 0 saturated carbocycles. The van der Waals surface area contributed by atoms with E-state index in [0.29, 0.717) is 25.1 Å². The van der Waals surface area contributed by atoms with Crippen molar-refractivity contribution in [2.24, 2.45) is 17.2 Å². The molecule has 0 aliphatic carbocycles. The molecule has 14 heteroatoms. The Labute approximate surface area is 303 Å². The molecule has 0 bridgehead atoms. The maximum absolute atomic E-state index is 14.3. The van der Waals surface area contributed by atoms with Gasteiger partial charge in [-0.1, -0.05) is 72.8 Å². The van der Waals surface area contributed by atoms with Crippen molar-refractivity contribution >= 4 is 40.3 Å². The number of nitrogens with zero attached hydrogens (tertiary/aromatic N) is 1. The molecular weight excluding hydrogens is 664 g/mol. The molecule has 1 aromatic heterocycles. The summed E-state index contributed by atoms with van der Waals surface area (Å²) >= 11 is 0. The zero-order chi connectivity index (χ0) is 37.7. The number of H-pyrrole nitrogens is 1. The van der Waals surface area contributed by atoms with Crippen LogP contribution < -0.4 is 38.5 Å². The molecule has 52 heavy (non-hydrogen) atoms. The van der Waals surface area contributed by atoms with Gasteiger partial charge in [0.15, 0.2) is 0 Å². The van der Waals surface area contributed by atoms with Crippen molar-refractivity contribution in [3.8, 4) is 0 Å². The zero-order valence-electron chi connectivity index (χ0n) is 29.6. The first-order chi connectivity index (χ1) is 24.8. The highest BCUT2D eigenvalue weighted by Gasteiger charge is 2.33. The second-order valence-electron chi connectivity index (χ2n) is 13.5. The fourth-order valence-corrected chi connectivity index (χ4v) is 5.63. The lowest BCUT2D eigenvalue weighted by Crippen LogP contribution is -2.60. The normalized spacial score (nSPS) is 13.7. The van der Waals surface area contributed by atoms with E-state index in [-0.39, 0.29) is 25.7 Å². The predicted octanol–water partition coefficient (Wildman–Crippen LogP) is 0.882. The molecule has 0 aliphatic heterocycles. The fourth-order valence-electron chi connectivity index (χ4n) is 5.63. The Hall–Kier alpha value is -5.60. The van der Waals surface area contributed by atoms with Gasteiger partial charge in [-0.05, 0) is 61.6 Å². The van der Waals surface area contributed by atoms with E-state index in [1.165, 1.54) is 26.4 Å². The highest BCUT2D eigenvalue weighted by atomic mass is 16.3. The Morgan fingerprint density at radius 1 is 0.769 bits per heavy atom. The maximum Gasteiger partial charge on any atom is 0.243 e. The van der Waals surface area contributed by atoms with Gasteiger partial charge in [0.1, 0.15) is 24.2 Å². The van der Waals surface area contributed by atoms with E-state index in [1.807, 2.05) is 72.8 Å². The van der Waals surface area contributed by atoms with Crippen molar-refractivity contribution in [3.05, 3.63) is 102 Å². The highest BCUT2D eigenvalue weighted by molar-refractivity contribution is 5.96. The van der Waals surface area contributed by atoms with Crippen LogP contribution >= 0.6 is 0 Å². The molecule has 5 amide bonds. The molecule has 276 valence electrons. The van der Waals surface area contributed by atoms with Crippen LogP contribution in [0.5, 0.6) is 0 Å². The SMILES string of the molecule is CC(C)(N)[14C](=O)N[C@@H](Cc1cnc[nH]1)C(=O)N[C@H](Cc1ccc2ccccc2c1)C(=O)N[C@H](Cc1ccccc1)C(=O)N[C@@H](CCCCN)C(N)=O. The number of benzene rings is 3. The third-order valence-electron chi connectivity index (χ3n) is 8.60. The molecule has 4 atom stereocenters. The molecule has 0 aliphatic rings. The first-order valence-electron chi connectivity index (χ1n) is 17.3. The summed E-state index contributed by atoms with van der Waals surface area (Å²) in [5.74, 6) is -3.19. The summed E-state index contributed by atoms with van der Waals surface area (Å²) in [7, 11) is 0. The number of hydrogen-bond donors (Lipinski definition) is 8. The number of nitrogens with one attached hydrogen (secondary N) is 5. The van der Waals surface area contributed by atoms with Crippen LogP contribution in [-0.4, -0.2) is 75.8 Å². The van der Waals surface area contributed by atoms with E-state index in [0.717, 1.165) is 21.9 Å². The summed E-state index contributed by atoms with van der Waals surface area (Å²) in [5, 5.41) is 13.0. The van der Waals surface area contributed by atoms with Crippen molar-refractivity contribution in [1.29, 1.82) is 0 Å². The maximum atomic E-state index is 14.3. The third kappa shape index (κ3) is 11.7. The number of carbonyl (C=O) groups excluding carboxylic acids is 5. The molecular formula is C38H49N9O5. The summed E-state index contributed by atoms with van der Waals surface area (Å²) in [5.41, 5.74) is 18.0. The Balaban J connectivity index is 1.65. The molecule has 4 aromatic rings. The number of aromatic nitrogens is 2. The lowest BCUT2D eigenvalue weighted by molar-refractivity contribution is -0.134. The average Bonchev–Trinajstić information content (AvgIpc) is 3.63. The number of hydrogen-bond acceptors (Lipinski definition) is 8. The summed E-state index contributed by atoms with van der Waals surface area (Å²) in [4.78, 5) is 74.2. The number of nitrogens with two attached hydrogens (primary N) is 3. The Kier molecular flexibility index (Phi) is 14.0. The van der Waals surface area contributed by atoms with Crippen LogP contribution in [0, 0.1) is 0 Å². The van der Waals surface area contributed by atoms with Crippen LogP contribution in [0.1, 0.15) is 49.9 Å². The molecule has 4 rings (SSSR count). The van der Waals surface area contributed by atoms with Crippen molar-refractivity contribution in [3.63, 3.8) is 0 Å². The number of primary amides is 1. The Morgan fingerprint density at radius 3 is 1.96 bits per heavy atom. The monoisotopic (exact) mass is 713 g/mol. The van der Waals surface area contributed by atoms with E-state index >= 15 is 0 Å². The van der Waals surface area contributed by atoms with Crippen molar-refractivity contribution < 1.29 is 24.0 Å². The molecule has 0 unspecified atom stereocenters. The lowest BCUT2D eigenvalue weighted by Gasteiger charge is -2.27. The summed E-state index contributed by atoms with van der Waals surface area (Å²) in [6.45, 7) is 3.46. The largest absolute Gasteiger partial charge is 0.368 e. The molecule has 0 spiro atoms. The number of aromatic amines is 1. The second kappa shape index (κ2) is 18.6. The molecule has 14 nitrogen and oxygen atoms in total. The average molecular weight is 714 g/mol. The Bertz CT molecular complexity index is 1810. The van der Waals surface area contributed by atoms with Crippen LogP contribution in [-0.2, 0) is 43.2 Å². The van der Waals surface area contributed by atoms with Crippen molar-refractivity contribution in [2.75, 3.05) is 6.54 Å². The summed E-state index contributed by atoms with van der Waals surface area (Å²) in [6, 6.07) is 18.1. The van der Waals surface area contributed by atoms with E-state index in [1.54, 1.807) is 0 Å². The molecule has 3 aromatic carbocycles. The van der Waals surface area contributed by atoms with Crippen molar-refractivity contribution in [2.45, 2.75) is 82.1 Å². The predicted molar refractivity (Wildman–Crippen MR) is 198 cm³/mol. The van der Waals surface area contributed by atoms with Gasteiger partial charge in [0.2, 0.25) is 29.5 Å². The molecule has 0 radical (unpaired) electrons. The number of fused-ring (bicyclic) bond motifs is 1. The van der Waals surface area contributed by atoms with Gasteiger partial charge in [-0.15, -0.1) is 0 Å². The minimum atomic E-state index is -1.29. The number of imidazole rings is 1. The Morgan fingerprint density at radius 2 is 1.37 bits per heavy atom. The molecule has 11 N–H and O–H groups in total. The van der Waals surface area contributed by atoms with Gasteiger partial charge in [0.25, 0.3) is 0 Å². The van der Waals surface area contributed by atoms with E-state index < -0.39 is 59.2 Å².